The van der Waals surface area contributed by atoms with Gasteiger partial charge in [-0.25, -0.2) is 9.48 Å². The van der Waals surface area contributed by atoms with E-state index >= 15 is 0 Å². The van der Waals surface area contributed by atoms with Crippen LogP contribution in [0.15, 0.2) is 67.0 Å². The van der Waals surface area contributed by atoms with Crippen molar-refractivity contribution in [3.8, 4) is 5.69 Å². The fraction of sp³-hybridized carbons (Fsp3) is 0.0556. The lowest BCUT2D eigenvalue weighted by atomic mass is 10.1. The largest absolute Gasteiger partial charge is 0.478 e. The van der Waals surface area contributed by atoms with Gasteiger partial charge in [0.1, 0.15) is 0 Å². The minimum atomic E-state index is -1.06. The Morgan fingerprint density at radius 2 is 1.79 bits per heavy atom. The topological polar surface area (TPSA) is 84.2 Å². The number of hydrogen-bond donors (Lipinski definition) is 2. The first-order valence-corrected chi connectivity index (χ1v) is 7.34. The Balaban J connectivity index is 1.64. The van der Waals surface area contributed by atoms with Crippen LogP contribution >= 0.6 is 0 Å². The van der Waals surface area contributed by atoms with Gasteiger partial charge in [-0.1, -0.05) is 18.2 Å². The molecule has 0 atom stereocenters. The van der Waals surface area contributed by atoms with Crippen LogP contribution < -0.4 is 5.32 Å². The lowest BCUT2D eigenvalue weighted by molar-refractivity contribution is 0.0697. The van der Waals surface area contributed by atoms with Gasteiger partial charge < -0.3 is 10.4 Å². The van der Waals surface area contributed by atoms with E-state index < -0.39 is 5.97 Å². The van der Waals surface area contributed by atoms with Gasteiger partial charge in [0.2, 0.25) is 0 Å². The fourth-order valence-electron chi connectivity index (χ4n) is 2.27. The molecule has 3 rings (SSSR count). The summed E-state index contributed by atoms with van der Waals surface area (Å²) in [4.78, 5) is 23.1. The molecule has 1 aromatic heterocycles. The van der Waals surface area contributed by atoms with Crippen molar-refractivity contribution in [3.05, 3.63) is 83.7 Å². The average Bonchev–Trinajstić information content (AvgIpc) is 3.15. The molecule has 0 bridgehead atoms. The first kappa shape index (κ1) is 15.5. The number of carbonyl (C=O) groups is 2. The van der Waals surface area contributed by atoms with Crippen LogP contribution in [0, 0.1) is 0 Å². The number of carboxylic acid groups (broad SMARTS) is 1. The lowest BCUT2D eigenvalue weighted by Gasteiger charge is -2.07. The van der Waals surface area contributed by atoms with Gasteiger partial charge >= 0.3 is 5.97 Å². The molecule has 2 aromatic carbocycles. The molecule has 0 fully saturated rings. The van der Waals surface area contributed by atoms with Crippen molar-refractivity contribution in [3.63, 3.8) is 0 Å². The van der Waals surface area contributed by atoms with Crippen molar-refractivity contribution >= 4 is 11.9 Å². The summed E-state index contributed by atoms with van der Waals surface area (Å²) in [7, 11) is 0. The maximum Gasteiger partial charge on any atom is 0.335 e. The molecule has 0 aliphatic rings. The van der Waals surface area contributed by atoms with Crippen molar-refractivity contribution < 1.29 is 14.7 Å². The summed E-state index contributed by atoms with van der Waals surface area (Å²) >= 11 is 0. The van der Waals surface area contributed by atoms with E-state index in [2.05, 4.69) is 10.4 Å². The summed E-state index contributed by atoms with van der Waals surface area (Å²) in [6.07, 6.45) is 3.56. The maximum atomic E-state index is 12.1. The zero-order chi connectivity index (χ0) is 16.9. The van der Waals surface area contributed by atoms with Gasteiger partial charge in [0.05, 0.1) is 11.3 Å². The van der Waals surface area contributed by atoms with Gasteiger partial charge in [-0.3, -0.25) is 4.79 Å². The molecule has 0 radical (unpaired) electrons. The highest BCUT2D eigenvalue weighted by molar-refractivity contribution is 5.97. The van der Waals surface area contributed by atoms with Gasteiger partial charge in [-0.15, -0.1) is 0 Å². The van der Waals surface area contributed by atoms with Gasteiger partial charge in [0.15, 0.2) is 0 Å². The Morgan fingerprint density at radius 1 is 1.04 bits per heavy atom. The van der Waals surface area contributed by atoms with Gasteiger partial charge in [0, 0.05) is 24.5 Å². The molecular formula is C18H15N3O3. The van der Waals surface area contributed by atoms with Crippen LogP contribution in [0.25, 0.3) is 5.69 Å². The smallest absolute Gasteiger partial charge is 0.335 e. The maximum absolute atomic E-state index is 12.1. The Labute approximate surface area is 138 Å². The predicted molar refractivity (Wildman–Crippen MR) is 88.1 cm³/mol. The van der Waals surface area contributed by atoms with E-state index in [0.29, 0.717) is 12.1 Å². The van der Waals surface area contributed by atoms with Crippen LogP contribution in [0.1, 0.15) is 26.3 Å². The highest BCUT2D eigenvalue weighted by Crippen LogP contribution is 2.09. The van der Waals surface area contributed by atoms with E-state index in [0.717, 1.165) is 11.3 Å². The number of nitrogens with zero attached hydrogens (tertiary/aromatic N) is 2. The third kappa shape index (κ3) is 3.49. The zero-order valence-electron chi connectivity index (χ0n) is 12.7. The Hall–Kier alpha value is -3.41. The number of aromatic carboxylic acids is 1. The number of nitrogens with one attached hydrogen (secondary N) is 1. The van der Waals surface area contributed by atoms with Crippen molar-refractivity contribution in [2.24, 2.45) is 0 Å². The summed E-state index contributed by atoms with van der Waals surface area (Å²) in [6, 6.07) is 15.4. The van der Waals surface area contributed by atoms with Crippen molar-refractivity contribution in [1.82, 2.24) is 15.1 Å². The van der Waals surface area contributed by atoms with Crippen LogP contribution in [-0.2, 0) is 6.54 Å². The molecule has 120 valence electrons. The number of aromatic nitrogens is 2. The van der Waals surface area contributed by atoms with Gasteiger partial charge in [0.25, 0.3) is 5.91 Å². The number of hydrogen-bond acceptors (Lipinski definition) is 3. The second-order valence-corrected chi connectivity index (χ2v) is 5.19. The summed E-state index contributed by atoms with van der Waals surface area (Å²) in [5, 5.41) is 15.9. The molecule has 1 amide bonds. The lowest BCUT2D eigenvalue weighted by Crippen LogP contribution is -2.23. The summed E-state index contributed by atoms with van der Waals surface area (Å²) in [5.74, 6) is -1.37. The third-order valence-electron chi connectivity index (χ3n) is 3.53. The van der Waals surface area contributed by atoms with Gasteiger partial charge in [-0.2, -0.15) is 5.10 Å². The first-order valence-electron chi connectivity index (χ1n) is 7.34. The Morgan fingerprint density at radius 3 is 2.46 bits per heavy atom. The predicted octanol–water partition coefficient (Wildman–Crippen LogP) is 2.50. The Kier molecular flexibility index (Phi) is 4.38. The van der Waals surface area contributed by atoms with Crippen molar-refractivity contribution in [1.29, 1.82) is 0 Å². The molecule has 0 aliphatic carbocycles. The minimum Gasteiger partial charge on any atom is -0.478 e. The number of amides is 1. The highest BCUT2D eigenvalue weighted by atomic mass is 16.4. The number of benzene rings is 2. The second kappa shape index (κ2) is 6.78. The average molecular weight is 321 g/mol. The first-order chi connectivity index (χ1) is 11.6. The molecule has 0 aliphatic heterocycles. The monoisotopic (exact) mass is 321 g/mol. The molecule has 0 spiro atoms. The third-order valence-corrected chi connectivity index (χ3v) is 3.53. The molecule has 1 heterocycles. The van der Waals surface area contributed by atoms with E-state index in [1.807, 2.05) is 36.5 Å². The molecule has 0 saturated carbocycles. The minimum absolute atomic E-state index is 0.0891. The molecule has 24 heavy (non-hydrogen) atoms. The van der Waals surface area contributed by atoms with E-state index in [4.69, 9.17) is 5.11 Å². The second-order valence-electron chi connectivity index (χ2n) is 5.19. The normalized spacial score (nSPS) is 10.3. The number of rotatable bonds is 5. The van der Waals surface area contributed by atoms with Crippen LogP contribution in [-0.4, -0.2) is 26.8 Å². The molecule has 6 nitrogen and oxygen atoms in total. The summed E-state index contributed by atoms with van der Waals surface area (Å²) in [5.41, 5.74) is 2.28. The van der Waals surface area contributed by atoms with Crippen LogP contribution in [0.4, 0.5) is 0 Å². The van der Waals surface area contributed by atoms with E-state index in [1.54, 1.807) is 23.0 Å². The van der Waals surface area contributed by atoms with E-state index in [1.165, 1.54) is 12.1 Å². The van der Waals surface area contributed by atoms with Crippen LogP contribution in [0.3, 0.4) is 0 Å². The Bertz CT molecular complexity index is 855. The SMILES string of the molecule is O=C(O)c1cccc(C(=O)NCc2ccc(-n3cccn3)cc2)c1. The molecule has 0 unspecified atom stereocenters. The summed E-state index contributed by atoms with van der Waals surface area (Å²) in [6.45, 7) is 0.357. The standard InChI is InChI=1S/C18H15N3O3/c22-17(14-3-1-4-15(11-14)18(23)24)19-12-13-5-7-16(8-6-13)21-10-2-9-20-21/h1-11H,12H2,(H,19,22)(H,23,24). The molecule has 6 heteroatoms. The van der Waals surface area contributed by atoms with Crippen LogP contribution in [0.5, 0.6) is 0 Å². The quantitative estimate of drug-likeness (QED) is 0.756. The molecular weight excluding hydrogens is 306 g/mol. The summed E-state index contributed by atoms with van der Waals surface area (Å²) < 4.78 is 1.75. The van der Waals surface area contributed by atoms with Crippen molar-refractivity contribution in [2.75, 3.05) is 0 Å². The number of carbonyl (C=O) groups excluding carboxylic acids is 1. The van der Waals surface area contributed by atoms with Gasteiger partial charge in [-0.05, 0) is 42.0 Å². The van der Waals surface area contributed by atoms with E-state index in [-0.39, 0.29) is 11.5 Å². The molecule has 2 N–H and O–H groups in total. The number of carboxylic acids is 1. The van der Waals surface area contributed by atoms with E-state index in [9.17, 15) is 9.59 Å². The fourth-order valence-corrected chi connectivity index (χ4v) is 2.27. The highest BCUT2D eigenvalue weighted by Gasteiger charge is 2.09. The van der Waals surface area contributed by atoms with Crippen LogP contribution in [0.2, 0.25) is 0 Å². The molecule has 3 aromatic rings. The van der Waals surface area contributed by atoms with Crippen molar-refractivity contribution in [2.45, 2.75) is 6.54 Å². The molecule has 0 saturated heterocycles. The zero-order valence-corrected chi connectivity index (χ0v) is 12.7.